The van der Waals surface area contributed by atoms with Crippen LogP contribution in [-0.2, 0) is 9.47 Å². The van der Waals surface area contributed by atoms with Gasteiger partial charge >= 0.3 is 0 Å². The molecule has 1 aliphatic rings. The Morgan fingerprint density at radius 2 is 2.14 bits per heavy atom. The van der Waals surface area contributed by atoms with E-state index >= 15 is 0 Å². The molecule has 2 unspecified atom stereocenters. The van der Waals surface area contributed by atoms with Crippen molar-refractivity contribution in [3.8, 4) is 0 Å². The zero-order chi connectivity index (χ0) is 20.2. The molecule has 0 radical (unpaired) electrons. The average Bonchev–Trinajstić information content (AvgIpc) is 2.68. The summed E-state index contributed by atoms with van der Waals surface area (Å²) in [5, 5.41) is 7.47. The fraction of sp³-hybridized carbons (Fsp3) is 0.667. The van der Waals surface area contributed by atoms with Crippen molar-refractivity contribution >= 4 is 17.6 Å². The van der Waals surface area contributed by atoms with Crippen molar-refractivity contribution in [2.24, 2.45) is 10.9 Å². The zero-order valence-corrected chi connectivity index (χ0v) is 18.2. The van der Waals surface area contributed by atoms with E-state index in [0.717, 1.165) is 37.2 Å². The summed E-state index contributed by atoms with van der Waals surface area (Å²) in [6, 6.07) is 8.58. The van der Waals surface area contributed by atoms with Crippen molar-refractivity contribution in [3.05, 3.63) is 34.9 Å². The number of halogens is 1. The molecule has 7 heteroatoms. The molecule has 0 bridgehead atoms. The molecule has 2 N–H and O–H groups in total. The summed E-state index contributed by atoms with van der Waals surface area (Å²) >= 11 is 6.25. The number of aliphatic imine (C=N–C) groups is 1. The normalized spacial score (nSPS) is 20.9. The Morgan fingerprint density at radius 1 is 1.29 bits per heavy atom. The lowest BCUT2D eigenvalue weighted by Gasteiger charge is -2.39. The summed E-state index contributed by atoms with van der Waals surface area (Å²) in [5.41, 5.74) is 1.28. The predicted octanol–water partition coefficient (Wildman–Crippen LogP) is 2.94. The third-order valence-corrected chi connectivity index (χ3v) is 5.23. The largest absolute Gasteiger partial charge is 0.382 e. The van der Waals surface area contributed by atoms with Gasteiger partial charge in [0.2, 0.25) is 0 Å². The van der Waals surface area contributed by atoms with Gasteiger partial charge in [0.05, 0.1) is 19.8 Å². The van der Waals surface area contributed by atoms with Crippen molar-refractivity contribution < 1.29 is 9.47 Å². The number of nitrogens with one attached hydrogen (secondary N) is 2. The Bertz CT molecular complexity index is 600. The van der Waals surface area contributed by atoms with Gasteiger partial charge in [0.1, 0.15) is 0 Å². The van der Waals surface area contributed by atoms with Crippen molar-refractivity contribution in [2.75, 3.05) is 60.2 Å². The highest BCUT2D eigenvalue weighted by Crippen LogP contribution is 2.36. The number of guanidine groups is 1. The Morgan fingerprint density at radius 3 is 2.89 bits per heavy atom. The summed E-state index contributed by atoms with van der Waals surface area (Å²) in [6.45, 7) is 7.38. The number of hydrogen-bond donors (Lipinski definition) is 2. The van der Waals surface area contributed by atoms with Crippen LogP contribution in [0, 0.1) is 5.92 Å². The fourth-order valence-corrected chi connectivity index (χ4v) is 3.90. The highest BCUT2D eigenvalue weighted by atomic mass is 35.5. The van der Waals surface area contributed by atoms with Crippen molar-refractivity contribution in [2.45, 2.75) is 25.8 Å². The monoisotopic (exact) mass is 410 g/mol. The zero-order valence-electron chi connectivity index (χ0n) is 17.4. The van der Waals surface area contributed by atoms with E-state index in [2.05, 4.69) is 41.6 Å². The number of nitrogens with zero attached hydrogens (tertiary/aromatic N) is 2. The van der Waals surface area contributed by atoms with E-state index in [-0.39, 0.29) is 0 Å². The Hall–Kier alpha value is -1.34. The molecule has 1 aromatic carbocycles. The number of benzene rings is 1. The van der Waals surface area contributed by atoms with Crippen LogP contribution in [0.2, 0.25) is 5.02 Å². The minimum atomic E-state index is 0.344. The predicted molar refractivity (Wildman–Crippen MR) is 116 cm³/mol. The SMILES string of the molecule is CCNC(=NCC1CCCN(C)C1c1cccc(Cl)c1)NCCOCCOC. The van der Waals surface area contributed by atoms with E-state index in [0.29, 0.717) is 31.8 Å². The molecular weight excluding hydrogens is 376 g/mol. The second-order valence-corrected chi connectivity index (χ2v) is 7.57. The second kappa shape index (κ2) is 13.0. The minimum Gasteiger partial charge on any atom is -0.382 e. The molecule has 0 aromatic heterocycles. The van der Waals surface area contributed by atoms with E-state index in [1.54, 1.807) is 7.11 Å². The number of hydrogen-bond acceptors (Lipinski definition) is 4. The van der Waals surface area contributed by atoms with E-state index < -0.39 is 0 Å². The minimum absolute atomic E-state index is 0.344. The van der Waals surface area contributed by atoms with Gasteiger partial charge in [-0.3, -0.25) is 9.89 Å². The van der Waals surface area contributed by atoms with Gasteiger partial charge in [-0.2, -0.15) is 0 Å². The van der Waals surface area contributed by atoms with E-state index in [4.69, 9.17) is 26.1 Å². The van der Waals surface area contributed by atoms with Crippen LogP contribution in [-0.4, -0.2) is 71.0 Å². The van der Waals surface area contributed by atoms with Gasteiger partial charge in [-0.25, -0.2) is 0 Å². The maximum atomic E-state index is 6.25. The third-order valence-electron chi connectivity index (χ3n) is 5.00. The molecule has 1 saturated heterocycles. The Kier molecular flexibility index (Phi) is 10.6. The molecule has 0 spiro atoms. The molecule has 28 heavy (non-hydrogen) atoms. The maximum absolute atomic E-state index is 6.25. The lowest BCUT2D eigenvalue weighted by molar-refractivity contribution is 0.0733. The third kappa shape index (κ3) is 7.59. The first kappa shape index (κ1) is 22.9. The molecule has 0 saturated carbocycles. The molecule has 6 nitrogen and oxygen atoms in total. The second-order valence-electron chi connectivity index (χ2n) is 7.13. The molecule has 2 atom stereocenters. The maximum Gasteiger partial charge on any atom is 0.191 e. The number of likely N-dealkylation sites (tertiary alicyclic amines) is 1. The average molecular weight is 411 g/mol. The first-order valence-corrected chi connectivity index (χ1v) is 10.6. The van der Waals surface area contributed by atoms with Crippen LogP contribution in [0.5, 0.6) is 0 Å². The van der Waals surface area contributed by atoms with Gasteiger partial charge in [-0.15, -0.1) is 0 Å². The number of ether oxygens (including phenoxy) is 2. The van der Waals surface area contributed by atoms with Crippen LogP contribution in [0.1, 0.15) is 31.4 Å². The molecule has 0 aliphatic carbocycles. The van der Waals surface area contributed by atoms with Crippen LogP contribution in [0.15, 0.2) is 29.3 Å². The van der Waals surface area contributed by atoms with Gasteiger partial charge < -0.3 is 20.1 Å². The molecule has 1 heterocycles. The lowest BCUT2D eigenvalue weighted by Crippen LogP contribution is -2.41. The standard InChI is InChI=1S/C21H35ClN4O2/c1-4-23-21(24-10-12-28-14-13-27-3)25-16-18-8-6-11-26(2)20(18)17-7-5-9-19(22)15-17/h5,7,9,15,18,20H,4,6,8,10-14,16H2,1-3H3,(H2,23,24,25). The van der Waals surface area contributed by atoms with Gasteiger partial charge in [-0.1, -0.05) is 23.7 Å². The Labute approximate surface area is 174 Å². The summed E-state index contributed by atoms with van der Waals surface area (Å²) < 4.78 is 10.5. The van der Waals surface area contributed by atoms with Crippen LogP contribution in [0.3, 0.4) is 0 Å². The summed E-state index contributed by atoms with van der Waals surface area (Å²) in [6.07, 6.45) is 2.37. The molecule has 1 fully saturated rings. The van der Waals surface area contributed by atoms with E-state index in [1.165, 1.54) is 18.4 Å². The Balaban J connectivity index is 1.96. The summed E-state index contributed by atoms with van der Waals surface area (Å²) in [4.78, 5) is 7.29. The van der Waals surface area contributed by atoms with Gasteiger partial charge in [0, 0.05) is 37.8 Å². The molecule has 2 rings (SSSR count). The molecule has 158 valence electrons. The highest BCUT2D eigenvalue weighted by molar-refractivity contribution is 6.30. The molecular formula is C21H35ClN4O2. The van der Waals surface area contributed by atoms with Crippen molar-refractivity contribution in [1.29, 1.82) is 0 Å². The van der Waals surface area contributed by atoms with E-state index in [1.807, 2.05) is 12.1 Å². The van der Waals surface area contributed by atoms with Crippen LogP contribution < -0.4 is 10.6 Å². The quantitative estimate of drug-likeness (QED) is 0.353. The molecule has 1 aliphatic heterocycles. The smallest absolute Gasteiger partial charge is 0.191 e. The first-order chi connectivity index (χ1) is 13.7. The topological polar surface area (TPSA) is 58.1 Å². The summed E-state index contributed by atoms with van der Waals surface area (Å²) in [7, 11) is 3.87. The van der Waals surface area contributed by atoms with Crippen molar-refractivity contribution in [3.63, 3.8) is 0 Å². The molecule has 1 aromatic rings. The van der Waals surface area contributed by atoms with Crippen molar-refractivity contribution in [1.82, 2.24) is 15.5 Å². The van der Waals surface area contributed by atoms with Gasteiger partial charge in [0.25, 0.3) is 0 Å². The van der Waals surface area contributed by atoms with Crippen LogP contribution in [0.4, 0.5) is 0 Å². The lowest BCUT2D eigenvalue weighted by atomic mass is 9.85. The number of piperidine rings is 1. The van der Waals surface area contributed by atoms with E-state index in [9.17, 15) is 0 Å². The number of rotatable bonds is 10. The highest BCUT2D eigenvalue weighted by Gasteiger charge is 2.30. The first-order valence-electron chi connectivity index (χ1n) is 10.2. The summed E-state index contributed by atoms with van der Waals surface area (Å²) in [5.74, 6) is 1.31. The molecule has 0 amide bonds. The van der Waals surface area contributed by atoms with Gasteiger partial charge in [0.15, 0.2) is 5.96 Å². The van der Waals surface area contributed by atoms with Crippen LogP contribution in [0.25, 0.3) is 0 Å². The van der Waals surface area contributed by atoms with Crippen LogP contribution >= 0.6 is 11.6 Å². The fourth-order valence-electron chi connectivity index (χ4n) is 3.70. The number of methoxy groups -OCH3 is 1. The van der Waals surface area contributed by atoms with Gasteiger partial charge in [-0.05, 0) is 57.0 Å².